The van der Waals surface area contributed by atoms with Gasteiger partial charge in [-0.15, -0.1) is 0 Å². The van der Waals surface area contributed by atoms with Crippen molar-refractivity contribution in [1.82, 2.24) is 5.43 Å². The van der Waals surface area contributed by atoms with Gasteiger partial charge in [0, 0.05) is 12.6 Å². The average Bonchev–Trinajstić information content (AvgIpc) is 2.79. The van der Waals surface area contributed by atoms with Crippen molar-refractivity contribution >= 4 is 11.6 Å². The highest BCUT2D eigenvalue weighted by Gasteiger charge is 2.16. The molecule has 0 saturated heterocycles. The molecule has 0 aliphatic carbocycles. The van der Waals surface area contributed by atoms with Crippen molar-refractivity contribution < 1.29 is 13.6 Å². The molecule has 2 aromatic rings. The van der Waals surface area contributed by atoms with Gasteiger partial charge in [0.25, 0.3) is 0 Å². The molecule has 0 aliphatic rings. The van der Waals surface area contributed by atoms with Crippen molar-refractivity contribution in [3.05, 3.63) is 53.2 Å². The van der Waals surface area contributed by atoms with Crippen LogP contribution in [-0.2, 0) is 6.54 Å². The van der Waals surface area contributed by atoms with Crippen LogP contribution >= 0.6 is 0 Å². The van der Waals surface area contributed by atoms with Crippen molar-refractivity contribution in [2.75, 3.05) is 11.9 Å². The fourth-order valence-corrected chi connectivity index (χ4v) is 2.00. The van der Waals surface area contributed by atoms with Gasteiger partial charge < -0.3 is 9.32 Å². The Kier molecular flexibility index (Phi) is 4.05. The number of hydrazine groups is 1. The van der Waals surface area contributed by atoms with Gasteiger partial charge in [-0.05, 0) is 25.1 Å². The van der Waals surface area contributed by atoms with Gasteiger partial charge in [0.2, 0.25) is 0 Å². The molecule has 0 unspecified atom stereocenters. The number of rotatable bonds is 4. The van der Waals surface area contributed by atoms with Crippen molar-refractivity contribution in [2.24, 2.45) is 5.84 Å². The fraction of sp³-hybridized carbons (Fsp3) is 0.214. The summed E-state index contributed by atoms with van der Waals surface area (Å²) in [4.78, 5) is 13.2. The molecule has 1 aromatic heterocycles. The molecule has 20 heavy (non-hydrogen) atoms. The second-order valence-corrected chi connectivity index (χ2v) is 4.51. The van der Waals surface area contributed by atoms with Crippen LogP contribution in [0, 0.1) is 12.7 Å². The quantitative estimate of drug-likeness (QED) is 0.509. The highest BCUT2D eigenvalue weighted by Crippen LogP contribution is 2.21. The number of carbonyl (C=O) groups is 1. The second-order valence-electron chi connectivity index (χ2n) is 4.51. The Morgan fingerprint density at radius 3 is 2.80 bits per heavy atom. The number of nitrogens with one attached hydrogen (secondary N) is 1. The Hall–Kier alpha value is -2.34. The van der Waals surface area contributed by atoms with E-state index in [-0.39, 0.29) is 11.6 Å². The van der Waals surface area contributed by atoms with E-state index in [1.165, 1.54) is 6.07 Å². The molecule has 6 heteroatoms. The maximum absolute atomic E-state index is 13.7. The van der Waals surface area contributed by atoms with E-state index in [1.807, 2.05) is 5.43 Å². The summed E-state index contributed by atoms with van der Waals surface area (Å²) in [6, 6.07) is 8.20. The Morgan fingerprint density at radius 1 is 1.45 bits per heavy atom. The first-order chi connectivity index (χ1) is 9.52. The molecule has 1 amide bonds. The number of para-hydroxylation sites is 1. The lowest BCUT2D eigenvalue weighted by atomic mass is 10.2. The smallest absolute Gasteiger partial charge is 0.301 e. The third-order valence-corrected chi connectivity index (χ3v) is 2.96. The maximum Gasteiger partial charge on any atom is 0.301 e. The first kappa shape index (κ1) is 14.1. The Labute approximate surface area is 116 Å². The number of halogens is 1. The minimum absolute atomic E-state index is 0.171. The molecule has 5 nitrogen and oxygen atoms in total. The molecule has 106 valence electrons. The van der Waals surface area contributed by atoms with Crippen LogP contribution in [-0.4, -0.2) is 13.0 Å². The zero-order valence-corrected chi connectivity index (χ0v) is 11.3. The number of nitrogen functional groups attached to an aromatic ring is 1. The van der Waals surface area contributed by atoms with Crippen LogP contribution in [0.5, 0.6) is 0 Å². The van der Waals surface area contributed by atoms with E-state index in [4.69, 9.17) is 10.3 Å². The molecule has 0 atom stereocenters. The van der Waals surface area contributed by atoms with Gasteiger partial charge >= 0.3 is 5.91 Å². The predicted octanol–water partition coefficient (Wildman–Crippen LogP) is 1.97. The van der Waals surface area contributed by atoms with Gasteiger partial charge in [-0.25, -0.2) is 10.2 Å². The minimum Gasteiger partial charge on any atom is -0.454 e. The van der Waals surface area contributed by atoms with Crippen LogP contribution in [0.3, 0.4) is 0 Å². The number of hydrogen-bond donors (Lipinski definition) is 2. The van der Waals surface area contributed by atoms with Crippen molar-refractivity contribution in [3.8, 4) is 0 Å². The molecule has 2 rings (SSSR count). The first-order valence-corrected chi connectivity index (χ1v) is 6.09. The van der Waals surface area contributed by atoms with E-state index in [9.17, 15) is 9.18 Å². The molecule has 0 radical (unpaired) electrons. The van der Waals surface area contributed by atoms with Crippen LogP contribution in [0.15, 0.2) is 34.7 Å². The number of anilines is 1. The number of benzene rings is 1. The van der Waals surface area contributed by atoms with Gasteiger partial charge in [0.15, 0.2) is 5.76 Å². The summed E-state index contributed by atoms with van der Waals surface area (Å²) >= 11 is 0. The molecule has 0 bridgehead atoms. The topological polar surface area (TPSA) is 71.5 Å². The summed E-state index contributed by atoms with van der Waals surface area (Å²) in [5, 5.41) is 0. The van der Waals surface area contributed by atoms with E-state index in [0.29, 0.717) is 23.6 Å². The van der Waals surface area contributed by atoms with Crippen LogP contribution in [0.25, 0.3) is 0 Å². The highest BCUT2D eigenvalue weighted by molar-refractivity contribution is 5.92. The molecule has 3 N–H and O–H groups in total. The summed E-state index contributed by atoms with van der Waals surface area (Å²) in [5.74, 6) is 5.02. The normalized spacial score (nSPS) is 10.4. The van der Waals surface area contributed by atoms with Gasteiger partial charge in [-0.1, -0.05) is 12.1 Å². The summed E-state index contributed by atoms with van der Waals surface area (Å²) in [7, 11) is 1.75. The number of nitrogens with two attached hydrogens (primary N) is 1. The van der Waals surface area contributed by atoms with E-state index < -0.39 is 5.91 Å². The Morgan fingerprint density at radius 2 is 2.15 bits per heavy atom. The van der Waals surface area contributed by atoms with Crippen LogP contribution < -0.4 is 16.2 Å². The molecule has 0 aliphatic heterocycles. The van der Waals surface area contributed by atoms with Gasteiger partial charge in [0.05, 0.1) is 12.2 Å². The summed E-state index contributed by atoms with van der Waals surface area (Å²) < 4.78 is 19.1. The van der Waals surface area contributed by atoms with Gasteiger partial charge in [-0.2, -0.15) is 0 Å². The lowest BCUT2D eigenvalue weighted by Gasteiger charge is -2.18. The number of amides is 1. The maximum atomic E-state index is 13.7. The predicted molar refractivity (Wildman–Crippen MR) is 73.6 cm³/mol. The number of carbonyl (C=O) groups excluding carboxylic acids is 1. The standard InChI is InChI=1S/C14H16FN3O2/c1-9-7-10(20-13(9)14(19)17-16)8-18(2)12-6-4-3-5-11(12)15/h3-7H,8,16H2,1-2H3,(H,17,19). The van der Waals surface area contributed by atoms with E-state index in [2.05, 4.69) is 0 Å². The molecular weight excluding hydrogens is 261 g/mol. The molecule has 0 saturated carbocycles. The monoisotopic (exact) mass is 277 g/mol. The Bertz CT molecular complexity index is 625. The number of furan rings is 1. The summed E-state index contributed by atoms with van der Waals surface area (Å²) in [5.41, 5.74) is 3.17. The van der Waals surface area contributed by atoms with E-state index in [0.717, 1.165) is 0 Å². The highest BCUT2D eigenvalue weighted by atomic mass is 19.1. The van der Waals surface area contributed by atoms with Crippen LogP contribution in [0.1, 0.15) is 21.9 Å². The summed E-state index contributed by atoms with van der Waals surface area (Å²) in [6.45, 7) is 2.10. The van der Waals surface area contributed by atoms with Crippen LogP contribution in [0.4, 0.5) is 10.1 Å². The fourth-order valence-electron chi connectivity index (χ4n) is 2.00. The third-order valence-electron chi connectivity index (χ3n) is 2.96. The number of nitrogens with zero attached hydrogens (tertiary/aromatic N) is 1. The molecular formula is C14H16FN3O2. The second kappa shape index (κ2) is 5.75. The van der Waals surface area contributed by atoms with Crippen molar-refractivity contribution in [2.45, 2.75) is 13.5 Å². The van der Waals surface area contributed by atoms with E-state index >= 15 is 0 Å². The van der Waals surface area contributed by atoms with E-state index in [1.54, 1.807) is 43.1 Å². The Balaban J connectivity index is 2.18. The first-order valence-electron chi connectivity index (χ1n) is 6.09. The molecule has 0 fully saturated rings. The number of aryl methyl sites for hydroxylation is 1. The summed E-state index contributed by atoms with van der Waals surface area (Å²) in [6.07, 6.45) is 0. The van der Waals surface area contributed by atoms with Crippen molar-refractivity contribution in [1.29, 1.82) is 0 Å². The minimum atomic E-state index is -0.484. The van der Waals surface area contributed by atoms with Crippen LogP contribution in [0.2, 0.25) is 0 Å². The van der Waals surface area contributed by atoms with Crippen molar-refractivity contribution in [3.63, 3.8) is 0 Å². The molecule has 0 spiro atoms. The molecule has 1 aromatic carbocycles. The van der Waals surface area contributed by atoms with Gasteiger partial charge in [0.1, 0.15) is 11.6 Å². The lowest BCUT2D eigenvalue weighted by molar-refractivity contribution is 0.0923. The lowest BCUT2D eigenvalue weighted by Crippen LogP contribution is -2.30. The largest absolute Gasteiger partial charge is 0.454 e. The zero-order valence-electron chi connectivity index (χ0n) is 11.3. The SMILES string of the molecule is Cc1cc(CN(C)c2ccccc2F)oc1C(=O)NN. The van der Waals surface area contributed by atoms with Gasteiger partial charge in [-0.3, -0.25) is 10.2 Å². The zero-order chi connectivity index (χ0) is 14.7. The molecule has 1 heterocycles. The third kappa shape index (κ3) is 2.80. The average molecular weight is 277 g/mol. The number of hydrogen-bond acceptors (Lipinski definition) is 4.